The zero-order valence-corrected chi connectivity index (χ0v) is 7.94. The van der Waals surface area contributed by atoms with Gasteiger partial charge in [0, 0.05) is 0 Å². The zero-order valence-electron chi connectivity index (χ0n) is 7.94. The summed E-state index contributed by atoms with van der Waals surface area (Å²) in [6, 6.07) is 6.08. The molecule has 0 saturated carbocycles. The number of hydrogen-bond donors (Lipinski definition) is 0. The first-order chi connectivity index (χ1) is 6.31. The lowest BCUT2D eigenvalue weighted by Gasteiger charge is -2.06. The van der Waals surface area contributed by atoms with E-state index in [1.54, 1.807) is 10.8 Å². The lowest BCUT2D eigenvalue weighted by atomic mass is 10.1. The van der Waals surface area contributed by atoms with Crippen LogP contribution in [0.5, 0.6) is 0 Å². The Morgan fingerprint density at radius 2 is 2.23 bits per heavy atom. The van der Waals surface area contributed by atoms with E-state index in [0.29, 0.717) is 5.92 Å². The molecule has 2 aromatic heterocycles. The molecule has 2 heterocycles. The average molecular weight is 175 g/mol. The Balaban J connectivity index is 2.48. The van der Waals surface area contributed by atoms with E-state index in [9.17, 15) is 0 Å². The topological polar surface area (TPSA) is 30.2 Å². The lowest BCUT2D eigenvalue weighted by Crippen LogP contribution is -2.01. The molecule has 0 aliphatic heterocycles. The Morgan fingerprint density at radius 3 is 3.00 bits per heavy atom. The summed E-state index contributed by atoms with van der Waals surface area (Å²) < 4.78 is 1.68. The third-order valence-electron chi connectivity index (χ3n) is 2.40. The molecule has 0 amide bonds. The van der Waals surface area contributed by atoms with Gasteiger partial charge >= 0.3 is 0 Å². The second kappa shape index (κ2) is 3.17. The third-order valence-corrected chi connectivity index (χ3v) is 2.40. The van der Waals surface area contributed by atoms with Crippen LogP contribution in [-0.2, 0) is 0 Å². The van der Waals surface area contributed by atoms with E-state index in [0.717, 1.165) is 17.6 Å². The highest BCUT2D eigenvalue weighted by atomic mass is 15.4. The van der Waals surface area contributed by atoms with Crippen molar-refractivity contribution in [3.63, 3.8) is 0 Å². The van der Waals surface area contributed by atoms with Crippen LogP contribution in [0.3, 0.4) is 0 Å². The quantitative estimate of drug-likeness (QED) is 0.700. The first-order valence-corrected chi connectivity index (χ1v) is 4.62. The van der Waals surface area contributed by atoms with Gasteiger partial charge in [-0.05, 0) is 30.5 Å². The molecule has 2 aromatic rings. The van der Waals surface area contributed by atoms with Crippen LogP contribution < -0.4 is 0 Å². The molecule has 13 heavy (non-hydrogen) atoms. The largest absolute Gasteiger partial charge is 0.158 e. The van der Waals surface area contributed by atoms with Crippen LogP contribution >= 0.6 is 0 Å². The van der Waals surface area contributed by atoms with Gasteiger partial charge in [-0.3, -0.25) is 0 Å². The number of aromatic nitrogens is 3. The zero-order chi connectivity index (χ0) is 9.26. The molecule has 0 saturated heterocycles. The highest BCUT2D eigenvalue weighted by Gasteiger charge is 2.05. The van der Waals surface area contributed by atoms with Gasteiger partial charge in [0.25, 0.3) is 0 Å². The first kappa shape index (κ1) is 8.23. The molecule has 0 radical (unpaired) electrons. The monoisotopic (exact) mass is 175 g/mol. The Kier molecular flexibility index (Phi) is 2.00. The van der Waals surface area contributed by atoms with Crippen LogP contribution in [0.15, 0.2) is 24.4 Å². The molecule has 0 spiro atoms. The summed E-state index contributed by atoms with van der Waals surface area (Å²) in [5, 5.41) is 8.51. The molecule has 0 aliphatic carbocycles. The van der Waals surface area contributed by atoms with Crippen molar-refractivity contribution in [2.24, 2.45) is 0 Å². The maximum Gasteiger partial charge on any atom is 0.0873 e. The third kappa shape index (κ3) is 1.41. The van der Waals surface area contributed by atoms with Crippen molar-refractivity contribution < 1.29 is 0 Å². The highest BCUT2D eigenvalue weighted by molar-refractivity contribution is 5.43. The molecule has 0 N–H and O–H groups in total. The number of nitrogens with zero attached hydrogens (tertiary/aromatic N) is 3. The van der Waals surface area contributed by atoms with Gasteiger partial charge in [0.05, 0.1) is 17.4 Å². The van der Waals surface area contributed by atoms with E-state index in [1.807, 2.05) is 6.07 Å². The molecule has 0 aliphatic rings. The predicted octanol–water partition coefficient (Wildman–Crippen LogP) is 2.24. The van der Waals surface area contributed by atoms with Gasteiger partial charge in [-0.1, -0.05) is 13.8 Å². The van der Waals surface area contributed by atoms with Gasteiger partial charge in [-0.2, -0.15) is 14.8 Å². The summed E-state index contributed by atoms with van der Waals surface area (Å²) in [5.41, 5.74) is 2.16. The molecule has 3 heteroatoms. The summed E-state index contributed by atoms with van der Waals surface area (Å²) in [4.78, 5) is 0. The van der Waals surface area contributed by atoms with E-state index < -0.39 is 0 Å². The first-order valence-electron chi connectivity index (χ1n) is 4.62. The molecule has 1 unspecified atom stereocenters. The summed E-state index contributed by atoms with van der Waals surface area (Å²) in [7, 11) is 0. The van der Waals surface area contributed by atoms with Crippen LogP contribution in [0.4, 0.5) is 0 Å². The fraction of sp³-hybridized carbons (Fsp3) is 0.400. The van der Waals surface area contributed by atoms with E-state index in [-0.39, 0.29) is 0 Å². The second-order valence-electron chi connectivity index (χ2n) is 3.31. The molecule has 68 valence electrons. The molecule has 0 aromatic carbocycles. The summed E-state index contributed by atoms with van der Waals surface area (Å²) in [6.07, 6.45) is 2.88. The van der Waals surface area contributed by atoms with Gasteiger partial charge in [0.1, 0.15) is 0 Å². The predicted molar refractivity (Wildman–Crippen MR) is 51.7 cm³/mol. The average Bonchev–Trinajstić information content (AvgIpc) is 2.63. The SMILES string of the molecule is CCC(C)c1ccc2ccnn2n1. The van der Waals surface area contributed by atoms with Crippen molar-refractivity contribution in [3.8, 4) is 0 Å². The molecular formula is C10H13N3. The molecule has 1 atom stereocenters. The van der Waals surface area contributed by atoms with E-state index in [2.05, 4.69) is 36.2 Å². The summed E-state index contributed by atoms with van der Waals surface area (Å²) >= 11 is 0. The normalized spacial score (nSPS) is 13.4. The summed E-state index contributed by atoms with van der Waals surface area (Å²) in [6.45, 7) is 4.34. The fourth-order valence-corrected chi connectivity index (χ4v) is 1.30. The van der Waals surface area contributed by atoms with Crippen LogP contribution in [0.1, 0.15) is 31.9 Å². The smallest absolute Gasteiger partial charge is 0.0873 e. The molecule has 3 nitrogen and oxygen atoms in total. The standard InChI is InChI=1S/C10H13N3/c1-3-8(2)10-5-4-9-6-7-11-13(9)12-10/h4-8H,3H2,1-2H3. The minimum atomic E-state index is 0.508. The van der Waals surface area contributed by atoms with Crippen molar-refractivity contribution >= 4 is 5.52 Å². The Labute approximate surface area is 77.4 Å². The van der Waals surface area contributed by atoms with Gasteiger partial charge in [0.2, 0.25) is 0 Å². The lowest BCUT2D eigenvalue weighted by molar-refractivity contribution is 0.660. The minimum absolute atomic E-state index is 0.508. The van der Waals surface area contributed by atoms with Crippen molar-refractivity contribution in [2.75, 3.05) is 0 Å². The maximum absolute atomic E-state index is 4.41. The number of fused-ring (bicyclic) bond motifs is 1. The van der Waals surface area contributed by atoms with Gasteiger partial charge in [-0.25, -0.2) is 0 Å². The maximum atomic E-state index is 4.41. The molecular weight excluding hydrogens is 162 g/mol. The highest BCUT2D eigenvalue weighted by Crippen LogP contribution is 2.15. The van der Waals surface area contributed by atoms with Crippen LogP contribution in [0.25, 0.3) is 5.52 Å². The van der Waals surface area contributed by atoms with Crippen LogP contribution in [0, 0.1) is 0 Å². The molecule has 2 rings (SSSR count). The van der Waals surface area contributed by atoms with Gasteiger partial charge in [0.15, 0.2) is 0 Å². The van der Waals surface area contributed by atoms with E-state index in [1.165, 1.54) is 0 Å². The van der Waals surface area contributed by atoms with Crippen molar-refractivity contribution in [1.82, 2.24) is 14.8 Å². The number of rotatable bonds is 2. The minimum Gasteiger partial charge on any atom is -0.158 e. The van der Waals surface area contributed by atoms with Crippen LogP contribution in [0.2, 0.25) is 0 Å². The fourth-order valence-electron chi connectivity index (χ4n) is 1.30. The van der Waals surface area contributed by atoms with Crippen LogP contribution in [-0.4, -0.2) is 14.8 Å². The van der Waals surface area contributed by atoms with E-state index >= 15 is 0 Å². The molecule has 0 bridgehead atoms. The van der Waals surface area contributed by atoms with Crippen molar-refractivity contribution in [3.05, 3.63) is 30.1 Å². The Hall–Kier alpha value is -1.38. The Morgan fingerprint density at radius 1 is 1.38 bits per heavy atom. The summed E-state index contributed by atoms with van der Waals surface area (Å²) in [5.74, 6) is 0.508. The number of hydrogen-bond acceptors (Lipinski definition) is 2. The molecule has 0 fully saturated rings. The van der Waals surface area contributed by atoms with E-state index in [4.69, 9.17) is 0 Å². The Bertz CT molecular complexity index is 405. The van der Waals surface area contributed by atoms with Gasteiger partial charge < -0.3 is 0 Å². The van der Waals surface area contributed by atoms with Crippen molar-refractivity contribution in [2.45, 2.75) is 26.2 Å². The van der Waals surface area contributed by atoms with Gasteiger partial charge in [-0.15, -0.1) is 0 Å². The second-order valence-corrected chi connectivity index (χ2v) is 3.31. The van der Waals surface area contributed by atoms with Crippen molar-refractivity contribution in [1.29, 1.82) is 0 Å².